The van der Waals surface area contributed by atoms with E-state index in [1.807, 2.05) is 0 Å². The van der Waals surface area contributed by atoms with Gasteiger partial charge in [0.05, 0.1) is 0 Å². The quantitative estimate of drug-likeness (QED) is 0.589. The van der Waals surface area contributed by atoms with E-state index in [2.05, 4.69) is 25.2 Å². The summed E-state index contributed by atoms with van der Waals surface area (Å²) >= 11 is 0. The molecule has 58 valence electrons. The van der Waals surface area contributed by atoms with Crippen LogP contribution in [-0.2, 0) is 0 Å². The van der Waals surface area contributed by atoms with Gasteiger partial charge >= 0.3 is 0 Å². The Hall–Kier alpha value is -0.300. The third-order valence-electron chi connectivity index (χ3n) is 2.22. The van der Waals surface area contributed by atoms with Crippen molar-refractivity contribution in [3.8, 4) is 0 Å². The summed E-state index contributed by atoms with van der Waals surface area (Å²) in [6.07, 6.45) is 5.02. The van der Waals surface area contributed by atoms with E-state index in [9.17, 15) is 0 Å². The average molecular weight is 139 g/mol. The highest BCUT2D eigenvalue weighted by atomic mass is 14.9. The van der Waals surface area contributed by atoms with Crippen LogP contribution in [0.15, 0.2) is 11.6 Å². The average Bonchev–Trinajstić information content (AvgIpc) is 1.87. The summed E-state index contributed by atoms with van der Waals surface area (Å²) in [5.74, 6) is 0.831. The summed E-state index contributed by atoms with van der Waals surface area (Å²) in [5.41, 5.74) is 1.61. The molecule has 1 heteroatoms. The van der Waals surface area contributed by atoms with Crippen LogP contribution >= 0.6 is 0 Å². The van der Waals surface area contributed by atoms with E-state index in [0.29, 0.717) is 0 Å². The van der Waals surface area contributed by atoms with Gasteiger partial charge in [-0.05, 0) is 24.3 Å². The van der Waals surface area contributed by atoms with Crippen molar-refractivity contribution in [2.24, 2.45) is 5.92 Å². The number of allylic oxidation sites excluding steroid dienone is 1. The number of rotatable bonds is 3. The molecule has 0 saturated carbocycles. The molecule has 1 N–H and O–H groups in total. The van der Waals surface area contributed by atoms with Gasteiger partial charge in [0.25, 0.3) is 0 Å². The monoisotopic (exact) mass is 139 g/mol. The second-order valence-electron chi connectivity index (χ2n) is 3.01. The Morgan fingerprint density at radius 2 is 2.00 bits per heavy atom. The Bertz CT molecular complexity index is 117. The Labute approximate surface area is 63.5 Å². The highest BCUT2D eigenvalue weighted by Gasteiger charge is 2.08. The van der Waals surface area contributed by atoms with E-state index in [-0.39, 0.29) is 0 Å². The molecule has 0 aromatic rings. The van der Waals surface area contributed by atoms with Gasteiger partial charge in [-0.3, -0.25) is 0 Å². The minimum Gasteiger partial charge on any atom is -0.309 e. The van der Waals surface area contributed by atoms with Crippen LogP contribution in [0.2, 0.25) is 0 Å². The lowest BCUT2D eigenvalue weighted by Gasteiger charge is -2.20. The van der Waals surface area contributed by atoms with Crippen molar-refractivity contribution in [2.75, 3.05) is 13.1 Å². The van der Waals surface area contributed by atoms with Gasteiger partial charge in [-0.1, -0.05) is 19.9 Å². The van der Waals surface area contributed by atoms with Gasteiger partial charge in [0.2, 0.25) is 0 Å². The SMILES string of the molecule is CCC(C=C1CNC1)CC. The van der Waals surface area contributed by atoms with Gasteiger partial charge in [-0.2, -0.15) is 0 Å². The second kappa shape index (κ2) is 3.77. The first-order valence-electron chi connectivity index (χ1n) is 4.27. The van der Waals surface area contributed by atoms with Crippen LogP contribution in [0, 0.1) is 5.92 Å². The van der Waals surface area contributed by atoms with Gasteiger partial charge in [0, 0.05) is 13.1 Å². The maximum atomic E-state index is 3.25. The summed E-state index contributed by atoms with van der Waals surface area (Å²) in [7, 11) is 0. The van der Waals surface area contributed by atoms with E-state index in [1.165, 1.54) is 12.8 Å². The fraction of sp³-hybridized carbons (Fsp3) is 0.778. The molecule has 1 aliphatic rings. The lowest BCUT2D eigenvalue weighted by molar-refractivity contribution is 0.577. The molecule has 0 aromatic heterocycles. The first-order chi connectivity index (χ1) is 4.86. The van der Waals surface area contributed by atoms with Crippen LogP contribution in [0.3, 0.4) is 0 Å². The molecular weight excluding hydrogens is 122 g/mol. The molecule has 0 radical (unpaired) electrons. The molecule has 1 rings (SSSR count). The van der Waals surface area contributed by atoms with Gasteiger partial charge in [0.15, 0.2) is 0 Å². The maximum absolute atomic E-state index is 3.25. The molecule has 0 unspecified atom stereocenters. The fourth-order valence-corrected chi connectivity index (χ4v) is 1.24. The van der Waals surface area contributed by atoms with Gasteiger partial charge < -0.3 is 5.32 Å². The lowest BCUT2D eigenvalue weighted by Crippen LogP contribution is -2.34. The molecule has 1 heterocycles. The summed E-state index contributed by atoms with van der Waals surface area (Å²) in [6.45, 7) is 6.79. The lowest BCUT2D eigenvalue weighted by atomic mass is 9.98. The van der Waals surface area contributed by atoms with Crippen molar-refractivity contribution < 1.29 is 0 Å². The fourth-order valence-electron chi connectivity index (χ4n) is 1.24. The van der Waals surface area contributed by atoms with E-state index in [0.717, 1.165) is 19.0 Å². The zero-order valence-corrected chi connectivity index (χ0v) is 6.98. The van der Waals surface area contributed by atoms with Crippen LogP contribution in [-0.4, -0.2) is 13.1 Å². The molecule has 1 fully saturated rings. The minimum absolute atomic E-state index is 0.831. The van der Waals surface area contributed by atoms with E-state index in [1.54, 1.807) is 5.57 Å². The first kappa shape index (κ1) is 7.80. The zero-order chi connectivity index (χ0) is 7.40. The largest absolute Gasteiger partial charge is 0.309 e. The highest BCUT2D eigenvalue weighted by molar-refractivity contribution is 5.15. The Balaban J connectivity index is 2.31. The number of hydrogen-bond acceptors (Lipinski definition) is 1. The smallest absolute Gasteiger partial charge is 0.0180 e. The maximum Gasteiger partial charge on any atom is 0.0180 e. The van der Waals surface area contributed by atoms with Crippen molar-refractivity contribution in [2.45, 2.75) is 26.7 Å². The van der Waals surface area contributed by atoms with Crippen LogP contribution in [0.5, 0.6) is 0 Å². The standard InChI is InChI=1S/C9H17N/c1-3-8(4-2)5-9-6-10-7-9/h5,8,10H,3-4,6-7H2,1-2H3. The molecule has 1 aliphatic heterocycles. The first-order valence-corrected chi connectivity index (χ1v) is 4.27. The van der Waals surface area contributed by atoms with Crippen LogP contribution < -0.4 is 5.32 Å². The minimum atomic E-state index is 0.831. The molecule has 10 heavy (non-hydrogen) atoms. The molecule has 0 spiro atoms. The van der Waals surface area contributed by atoms with Gasteiger partial charge in [0.1, 0.15) is 0 Å². The summed E-state index contributed by atoms with van der Waals surface area (Å²) in [5, 5.41) is 3.25. The zero-order valence-electron chi connectivity index (χ0n) is 6.98. The molecule has 1 saturated heterocycles. The third kappa shape index (κ3) is 1.84. The third-order valence-corrected chi connectivity index (χ3v) is 2.22. The predicted molar refractivity (Wildman–Crippen MR) is 45.0 cm³/mol. The topological polar surface area (TPSA) is 12.0 Å². The van der Waals surface area contributed by atoms with Crippen molar-refractivity contribution >= 4 is 0 Å². The van der Waals surface area contributed by atoms with Crippen LogP contribution in [0.4, 0.5) is 0 Å². The van der Waals surface area contributed by atoms with Gasteiger partial charge in [-0.25, -0.2) is 0 Å². The molecule has 0 bridgehead atoms. The Morgan fingerprint density at radius 3 is 2.30 bits per heavy atom. The summed E-state index contributed by atoms with van der Waals surface area (Å²) in [4.78, 5) is 0. The van der Waals surface area contributed by atoms with Gasteiger partial charge in [-0.15, -0.1) is 0 Å². The van der Waals surface area contributed by atoms with E-state index >= 15 is 0 Å². The normalized spacial score (nSPS) is 17.3. The molecule has 0 amide bonds. The summed E-state index contributed by atoms with van der Waals surface area (Å²) in [6, 6.07) is 0. The van der Waals surface area contributed by atoms with Crippen molar-refractivity contribution in [1.29, 1.82) is 0 Å². The highest BCUT2D eigenvalue weighted by Crippen LogP contribution is 2.13. The Morgan fingerprint density at radius 1 is 1.40 bits per heavy atom. The van der Waals surface area contributed by atoms with Crippen LogP contribution in [0.25, 0.3) is 0 Å². The predicted octanol–water partition coefficient (Wildman–Crippen LogP) is 1.95. The summed E-state index contributed by atoms with van der Waals surface area (Å²) < 4.78 is 0. The van der Waals surface area contributed by atoms with E-state index < -0.39 is 0 Å². The molecule has 0 aromatic carbocycles. The molecular formula is C9H17N. The van der Waals surface area contributed by atoms with Crippen molar-refractivity contribution in [3.05, 3.63) is 11.6 Å². The Kier molecular flexibility index (Phi) is 2.94. The van der Waals surface area contributed by atoms with Crippen LogP contribution in [0.1, 0.15) is 26.7 Å². The van der Waals surface area contributed by atoms with E-state index in [4.69, 9.17) is 0 Å². The molecule has 1 nitrogen and oxygen atoms in total. The number of hydrogen-bond donors (Lipinski definition) is 1. The molecule has 0 atom stereocenters. The molecule has 0 aliphatic carbocycles. The number of nitrogens with one attached hydrogen (secondary N) is 1. The van der Waals surface area contributed by atoms with Crippen molar-refractivity contribution in [3.63, 3.8) is 0 Å². The van der Waals surface area contributed by atoms with Crippen molar-refractivity contribution in [1.82, 2.24) is 5.32 Å². The second-order valence-corrected chi connectivity index (χ2v) is 3.01.